The number of pyridine rings is 1. The smallest absolute Gasteiger partial charge is 0.200 e. The minimum Gasteiger partial charge on any atom is -0.264 e. The first-order valence-electron chi connectivity index (χ1n) is 3.97. The van der Waals surface area contributed by atoms with Crippen LogP contribution in [0.4, 0.5) is 5.82 Å². The van der Waals surface area contributed by atoms with Crippen LogP contribution in [0, 0.1) is 4.91 Å². The van der Waals surface area contributed by atoms with Crippen molar-refractivity contribution in [1.29, 1.82) is 0 Å². The van der Waals surface area contributed by atoms with Gasteiger partial charge in [0.1, 0.15) is 0 Å². The molecule has 0 saturated carbocycles. The summed E-state index contributed by atoms with van der Waals surface area (Å²) in [6, 6.07) is 5.05. The molecule has 2 aromatic rings. The normalized spacial score (nSPS) is 9.71. The lowest BCUT2D eigenvalue weighted by atomic mass is 10.3. The SMILES string of the molecule is O=Nc1ccnc(-c2cccnc2)n1. The molecule has 5 nitrogen and oxygen atoms in total. The second-order valence-electron chi connectivity index (χ2n) is 2.57. The van der Waals surface area contributed by atoms with Crippen LogP contribution in [0.3, 0.4) is 0 Å². The summed E-state index contributed by atoms with van der Waals surface area (Å²) >= 11 is 0. The van der Waals surface area contributed by atoms with E-state index in [-0.39, 0.29) is 5.82 Å². The monoisotopic (exact) mass is 186 g/mol. The van der Waals surface area contributed by atoms with Crippen molar-refractivity contribution in [3.8, 4) is 11.4 Å². The maximum absolute atomic E-state index is 10.2. The number of aromatic nitrogens is 3. The fraction of sp³-hybridized carbons (Fsp3) is 0. The molecule has 0 N–H and O–H groups in total. The summed E-state index contributed by atoms with van der Waals surface area (Å²) in [5, 5.41) is 2.74. The van der Waals surface area contributed by atoms with E-state index in [1.165, 1.54) is 12.3 Å². The van der Waals surface area contributed by atoms with Crippen LogP contribution < -0.4 is 0 Å². The highest BCUT2D eigenvalue weighted by Gasteiger charge is 2.01. The lowest BCUT2D eigenvalue weighted by molar-refractivity contribution is 1.15. The van der Waals surface area contributed by atoms with Crippen LogP contribution in [0.15, 0.2) is 42.0 Å². The van der Waals surface area contributed by atoms with E-state index in [2.05, 4.69) is 20.1 Å². The Kier molecular flexibility index (Phi) is 2.22. The van der Waals surface area contributed by atoms with Gasteiger partial charge < -0.3 is 0 Å². The Morgan fingerprint density at radius 1 is 1.21 bits per heavy atom. The van der Waals surface area contributed by atoms with Crippen molar-refractivity contribution < 1.29 is 0 Å². The lowest BCUT2D eigenvalue weighted by Crippen LogP contribution is -1.87. The third-order valence-electron chi connectivity index (χ3n) is 1.65. The maximum Gasteiger partial charge on any atom is 0.200 e. The first kappa shape index (κ1) is 8.43. The summed E-state index contributed by atoms with van der Waals surface area (Å²) in [5.41, 5.74) is 0.762. The molecule has 0 aliphatic rings. The summed E-state index contributed by atoms with van der Waals surface area (Å²) in [4.78, 5) is 22.1. The molecule has 2 aromatic heterocycles. The highest BCUT2D eigenvalue weighted by Crippen LogP contribution is 2.15. The number of nitroso groups, excluding NO2 is 1. The van der Waals surface area contributed by atoms with Gasteiger partial charge in [0, 0.05) is 30.2 Å². The summed E-state index contributed by atoms with van der Waals surface area (Å²) in [6.45, 7) is 0. The van der Waals surface area contributed by atoms with Crippen molar-refractivity contribution in [2.75, 3.05) is 0 Å². The molecule has 0 amide bonds. The van der Waals surface area contributed by atoms with Gasteiger partial charge in [-0.3, -0.25) is 4.98 Å². The van der Waals surface area contributed by atoms with Crippen molar-refractivity contribution in [2.24, 2.45) is 5.18 Å². The van der Waals surface area contributed by atoms with E-state index in [1.807, 2.05) is 6.07 Å². The van der Waals surface area contributed by atoms with Gasteiger partial charge in [-0.05, 0) is 17.3 Å². The van der Waals surface area contributed by atoms with Crippen molar-refractivity contribution in [1.82, 2.24) is 15.0 Å². The number of hydrogen-bond acceptors (Lipinski definition) is 5. The zero-order valence-electron chi connectivity index (χ0n) is 7.16. The summed E-state index contributed by atoms with van der Waals surface area (Å²) in [7, 11) is 0. The van der Waals surface area contributed by atoms with Crippen LogP contribution >= 0.6 is 0 Å². The number of rotatable bonds is 2. The first-order valence-corrected chi connectivity index (χ1v) is 3.97. The molecule has 0 unspecified atom stereocenters. The van der Waals surface area contributed by atoms with Crippen LogP contribution in [0.5, 0.6) is 0 Å². The topological polar surface area (TPSA) is 68.1 Å². The highest BCUT2D eigenvalue weighted by atomic mass is 16.3. The first-order chi connectivity index (χ1) is 6.90. The van der Waals surface area contributed by atoms with Gasteiger partial charge in [0.15, 0.2) is 11.6 Å². The number of hydrogen-bond donors (Lipinski definition) is 0. The Balaban J connectivity index is 2.47. The molecule has 0 atom stereocenters. The Labute approximate surface area is 79.8 Å². The minimum atomic E-state index is 0.124. The summed E-state index contributed by atoms with van der Waals surface area (Å²) in [5.74, 6) is 0.578. The van der Waals surface area contributed by atoms with E-state index in [4.69, 9.17) is 0 Å². The van der Waals surface area contributed by atoms with Crippen LogP contribution in [0.1, 0.15) is 0 Å². The third-order valence-corrected chi connectivity index (χ3v) is 1.65. The molecule has 2 rings (SSSR count). The fourth-order valence-electron chi connectivity index (χ4n) is 1.03. The Hall–Kier alpha value is -2.17. The van der Waals surface area contributed by atoms with E-state index >= 15 is 0 Å². The zero-order chi connectivity index (χ0) is 9.80. The van der Waals surface area contributed by atoms with Gasteiger partial charge in [-0.2, -0.15) is 0 Å². The predicted molar refractivity (Wildman–Crippen MR) is 50.7 cm³/mol. The molecule has 0 aromatic carbocycles. The lowest BCUT2D eigenvalue weighted by Gasteiger charge is -1.97. The van der Waals surface area contributed by atoms with Gasteiger partial charge in [0.05, 0.1) is 0 Å². The predicted octanol–water partition coefficient (Wildman–Crippen LogP) is 1.94. The largest absolute Gasteiger partial charge is 0.264 e. The minimum absolute atomic E-state index is 0.124. The second kappa shape index (κ2) is 3.69. The van der Waals surface area contributed by atoms with Crippen LogP contribution in [0.25, 0.3) is 11.4 Å². The maximum atomic E-state index is 10.2. The zero-order valence-corrected chi connectivity index (χ0v) is 7.16. The average molecular weight is 186 g/mol. The molecule has 0 aliphatic heterocycles. The molecule has 0 spiro atoms. The molecule has 5 heteroatoms. The van der Waals surface area contributed by atoms with E-state index in [9.17, 15) is 4.91 Å². The van der Waals surface area contributed by atoms with Gasteiger partial charge in [-0.15, -0.1) is 4.91 Å². The molecule has 68 valence electrons. The quantitative estimate of drug-likeness (QED) is 0.672. The van der Waals surface area contributed by atoms with Crippen molar-refractivity contribution in [3.05, 3.63) is 41.7 Å². The van der Waals surface area contributed by atoms with Gasteiger partial charge >= 0.3 is 0 Å². The Morgan fingerprint density at radius 2 is 2.14 bits per heavy atom. The average Bonchev–Trinajstić information content (AvgIpc) is 2.30. The van der Waals surface area contributed by atoms with E-state index in [1.54, 1.807) is 18.5 Å². The molecule has 0 aliphatic carbocycles. The number of nitrogens with zero attached hydrogens (tertiary/aromatic N) is 4. The summed E-state index contributed by atoms with van der Waals surface area (Å²) in [6.07, 6.45) is 4.78. The van der Waals surface area contributed by atoms with Gasteiger partial charge in [-0.25, -0.2) is 9.97 Å². The van der Waals surface area contributed by atoms with E-state index < -0.39 is 0 Å². The van der Waals surface area contributed by atoms with Gasteiger partial charge in [-0.1, -0.05) is 0 Å². The Morgan fingerprint density at radius 3 is 2.86 bits per heavy atom. The van der Waals surface area contributed by atoms with Crippen molar-refractivity contribution in [2.45, 2.75) is 0 Å². The molecular weight excluding hydrogens is 180 g/mol. The summed E-state index contributed by atoms with van der Waals surface area (Å²) < 4.78 is 0. The molecule has 0 saturated heterocycles. The van der Waals surface area contributed by atoms with Crippen molar-refractivity contribution in [3.63, 3.8) is 0 Å². The molecule has 2 heterocycles. The van der Waals surface area contributed by atoms with Gasteiger partial charge in [0.2, 0.25) is 0 Å². The van der Waals surface area contributed by atoms with Crippen LogP contribution in [0.2, 0.25) is 0 Å². The standard InChI is InChI=1S/C9H6N4O/c14-13-8-3-5-11-9(12-8)7-2-1-4-10-6-7/h1-6H. The molecule has 14 heavy (non-hydrogen) atoms. The second-order valence-corrected chi connectivity index (χ2v) is 2.57. The molecule has 0 fully saturated rings. The molecular formula is C9H6N4O. The molecule has 0 bridgehead atoms. The highest BCUT2D eigenvalue weighted by molar-refractivity contribution is 5.54. The van der Waals surface area contributed by atoms with Crippen molar-refractivity contribution >= 4 is 5.82 Å². The molecule has 0 radical (unpaired) electrons. The third kappa shape index (κ3) is 1.61. The Bertz CT molecular complexity index is 444. The van der Waals surface area contributed by atoms with Crippen LogP contribution in [-0.2, 0) is 0 Å². The fourth-order valence-corrected chi connectivity index (χ4v) is 1.03. The van der Waals surface area contributed by atoms with Crippen LogP contribution in [-0.4, -0.2) is 15.0 Å². The van der Waals surface area contributed by atoms with E-state index in [0.717, 1.165) is 5.56 Å². The van der Waals surface area contributed by atoms with Gasteiger partial charge in [0.25, 0.3) is 0 Å². The van der Waals surface area contributed by atoms with E-state index in [0.29, 0.717) is 5.82 Å².